The predicted octanol–water partition coefficient (Wildman–Crippen LogP) is 3.03. The molecule has 0 unspecified atom stereocenters. The van der Waals surface area contributed by atoms with E-state index in [4.69, 9.17) is 9.47 Å². The number of amides is 1. The number of nitrogens with one attached hydrogen (secondary N) is 1. The number of halogens is 1. The number of carbonyl (C=O) groups excluding carboxylic acids is 1. The number of methoxy groups -OCH3 is 2. The van der Waals surface area contributed by atoms with Gasteiger partial charge in [0.1, 0.15) is 16.4 Å². The van der Waals surface area contributed by atoms with Gasteiger partial charge in [-0.15, -0.1) is 0 Å². The first kappa shape index (κ1) is 21.2. The average Bonchev–Trinajstić information content (AvgIpc) is 2.63. The van der Waals surface area contributed by atoms with E-state index in [-0.39, 0.29) is 17.2 Å². The summed E-state index contributed by atoms with van der Waals surface area (Å²) in [5, 5.41) is 2.72. The van der Waals surface area contributed by atoms with Gasteiger partial charge < -0.3 is 14.8 Å². The minimum Gasteiger partial charge on any atom is -0.497 e. The Bertz CT molecular complexity index is 947. The van der Waals surface area contributed by atoms with Crippen LogP contribution in [0.4, 0.5) is 5.69 Å². The molecule has 0 aliphatic heterocycles. The number of rotatable bonds is 7. The SMILES string of the molecule is COc1ccc(OC)c(S(=O)(=O)N(C)CC(=O)Nc2ccc(Br)cc2C)c1. The normalized spacial score (nSPS) is 11.3. The topological polar surface area (TPSA) is 84.9 Å². The molecule has 0 saturated carbocycles. The molecule has 2 aromatic rings. The number of ether oxygens (including phenoxy) is 2. The highest BCUT2D eigenvalue weighted by Crippen LogP contribution is 2.30. The fourth-order valence-corrected chi connectivity index (χ4v) is 4.17. The summed E-state index contributed by atoms with van der Waals surface area (Å²) in [4.78, 5) is 12.3. The van der Waals surface area contributed by atoms with Crippen LogP contribution in [-0.4, -0.2) is 46.4 Å². The van der Waals surface area contributed by atoms with Gasteiger partial charge in [-0.3, -0.25) is 4.79 Å². The number of likely N-dealkylation sites (N-methyl/N-ethyl adjacent to an activating group) is 1. The zero-order valence-corrected chi connectivity index (χ0v) is 17.8. The molecule has 27 heavy (non-hydrogen) atoms. The molecule has 0 fully saturated rings. The third-order valence-electron chi connectivity index (χ3n) is 3.89. The summed E-state index contributed by atoms with van der Waals surface area (Å²) in [5.74, 6) is 0.0953. The van der Waals surface area contributed by atoms with Crippen LogP contribution in [0, 0.1) is 6.92 Å². The van der Waals surface area contributed by atoms with Crippen LogP contribution in [-0.2, 0) is 14.8 Å². The fourth-order valence-electron chi connectivity index (χ4n) is 2.40. The third-order valence-corrected chi connectivity index (χ3v) is 6.21. The van der Waals surface area contributed by atoms with Gasteiger partial charge in [0.2, 0.25) is 15.9 Å². The van der Waals surface area contributed by atoms with Crippen molar-refractivity contribution >= 4 is 37.5 Å². The van der Waals surface area contributed by atoms with Gasteiger partial charge in [0.15, 0.2) is 0 Å². The van der Waals surface area contributed by atoms with Crippen molar-refractivity contribution in [1.29, 1.82) is 0 Å². The zero-order valence-electron chi connectivity index (χ0n) is 15.4. The Labute approximate surface area is 167 Å². The maximum Gasteiger partial charge on any atom is 0.247 e. The summed E-state index contributed by atoms with van der Waals surface area (Å²) in [7, 11) is 0.196. The van der Waals surface area contributed by atoms with Gasteiger partial charge in [0, 0.05) is 23.3 Å². The van der Waals surface area contributed by atoms with Crippen molar-refractivity contribution in [2.24, 2.45) is 0 Å². The second-order valence-electron chi connectivity index (χ2n) is 5.79. The van der Waals surface area contributed by atoms with Crippen LogP contribution in [0.1, 0.15) is 5.56 Å². The lowest BCUT2D eigenvalue weighted by molar-refractivity contribution is -0.116. The summed E-state index contributed by atoms with van der Waals surface area (Å²) in [6, 6.07) is 9.87. The monoisotopic (exact) mass is 456 g/mol. The predicted molar refractivity (Wildman–Crippen MR) is 107 cm³/mol. The summed E-state index contributed by atoms with van der Waals surface area (Å²) in [6.45, 7) is 1.50. The van der Waals surface area contributed by atoms with E-state index in [2.05, 4.69) is 21.2 Å². The van der Waals surface area contributed by atoms with Crippen molar-refractivity contribution < 1.29 is 22.7 Å². The minimum absolute atomic E-state index is 0.0699. The molecule has 9 heteroatoms. The Morgan fingerprint density at radius 3 is 2.44 bits per heavy atom. The minimum atomic E-state index is -3.96. The first-order valence-electron chi connectivity index (χ1n) is 7.93. The number of nitrogens with zero attached hydrogens (tertiary/aromatic N) is 1. The number of aryl methyl sites for hydroxylation is 1. The lowest BCUT2D eigenvalue weighted by Gasteiger charge is -2.19. The molecule has 0 aliphatic rings. The molecule has 2 aromatic carbocycles. The van der Waals surface area contributed by atoms with E-state index in [9.17, 15) is 13.2 Å². The lowest BCUT2D eigenvalue weighted by atomic mass is 10.2. The second kappa shape index (κ2) is 8.73. The van der Waals surface area contributed by atoms with Gasteiger partial charge in [-0.2, -0.15) is 4.31 Å². The number of carbonyl (C=O) groups is 1. The molecule has 0 heterocycles. The molecule has 146 valence electrons. The van der Waals surface area contributed by atoms with E-state index in [1.54, 1.807) is 18.2 Å². The molecular formula is C18H21BrN2O5S. The molecular weight excluding hydrogens is 436 g/mol. The first-order chi connectivity index (χ1) is 12.7. The fraction of sp³-hybridized carbons (Fsp3) is 0.278. The van der Waals surface area contributed by atoms with Gasteiger partial charge in [0.25, 0.3) is 0 Å². The molecule has 0 spiro atoms. The van der Waals surface area contributed by atoms with Crippen LogP contribution in [0.25, 0.3) is 0 Å². The third kappa shape index (κ3) is 5.00. The number of hydrogen-bond donors (Lipinski definition) is 1. The van der Waals surface area contributed by atoms with Crippen molar-refractivity contribution in [2.75, 3.05) is 33.1 Å². The summed E-state index contributed by atoms with van der Waals surface area (Å²) in [5.41, 5.74) is 1.48. The molecule has 2 rings (SSSR count). The Morgan fingerprint density at radius 1 is 1.15 bits per heavy atom. The zero-order chi connectivity index (χ0) is 20.2. The largest absolute Gasteiger partial charge is 0.497 e. The van der Waals surface area contributed by atoms with Gasteiger partial charge >= 0.3 is 0 Å². The van der Waals surface area contributed by atoms with E-state index in [1.807, 2.05) is 13.0 Å². The molecule has 0 saturated heterocycles. The molecule has 0 aliphatic carbocycles. The van der Waals surface area contributed by atoms with Crippen LogP contribution in [0.2, 0.25) is 0 Å². The van der Waals surface area contributed by atoms with Crippen LogP contribution >= 0.6 is 15.9 Å². The molecule has 1 amide bonds. The van der Waals surface area contributed by atoms with E-state index >= 15 is 0 Å². The maximum atomic E-state index is 12.9. The Morgan fingerprint density at radius 2 is 1.85 bits per heavy atom. The number of hydrogen-bond acceptors (Lipinski definition) is 5. The molecule has 0 aromatic heterocycles. The molecule has 1 N–H and O–H groups in total. The van der Waals surface area contributed by atoms with Gasteiger partial charge in [-0.05, 0) is 42.8 Å². The number of sulfonamides is 1. The average molecular weight is 457 g/mol. The van der Waals surface area contributed by atoms with Crippen molar-refractivity contribution in [3.8, 4) is 11.5 Å². The molecule has 0 bridgehead atoms. The Balaban J connectivity index is 2.21. The quantitative estimate of drug-likeness (QED) is 0.691. The highest BCUT2D eigenvalue weighted by atomic mass is 79.9. The molecule has 0 atom stereocenters. The number of benzene rings is 2. The molecule has 0 radical (unpaired) electrons. The Kier molecular flexibility index (Phi) is 6.85. The van der Waals surface area contributed by atoms with E-state index in [0.717, 1.165) is 14.3 Å². The summed E-state index contributed by atoms with van der Waals surface area (Å²) >= 11 is 3.36. The first-order valence-corrected chi connectivity index (χ1v) is 10.2. The highest BCUT2D eigenvalue weighted by molar-refractivity contribution is 9.10. The van der Waals surface area contributed by atoms with E-state index < -0.39 is 15.9 Å². The second-order valence-corrected chi connectivity index (χ2v) is 8.71. The standard InChI is InChI=1S/C18H21BrN2O5S/c1-12-9-13(19)5-7-15(12)20-18(22)11-21(2)27(23,24)17-10-14(25-3)6-8-16(17)26-4/h5-10H,11H2,1-4H3,(H,20,22). The van der Waals surface area contributed by atoms with Crippen molar-refractivity contribution in [2.45, 2.75) is 11.8 Å². The van der Waals surface area contributed by atoms with Crippen LogP contribution in [0.3, 0.4) is 0 Å². The van der Waals surface area contributed by atoms with Crippen molar-refractivity contribution in [3.05, 3.63) is 46.4 Å². The van der Waals surface area contributed by atoms with Crippen LogP contribution in [0.5, 0.6) is 11.5 Å². The summed E-state index contributed by atoms with van der Waals surface area (Å²) < 4.78 is 37.9. The van der Waals surface area contributed by atoms with Crippen LogP contribution in [0.15, 0.2) is 45.8 Å². The van der Waals surface area contributed by atoms with E-state index in [1.165, 1.54) is 33.4 Å². The molecule has 7 nitrogen and oxygen atoms in total. The lowest BCUT2D eigenvalue weighted by Crippen LogP contribution is -2.35. The smallest absolute Gasteiger partial charge is 0.247 e. The van der Waals surface area contributed by atoms with Gasteiger partial charge in [-0.25, -0.2) is 8.42 Å². The van der Waals surface area contributed by atoms with Crippen LogP contribution < -0.4 is 14.8 Å². The maximum absolute atomic E-state index is 12.9. The summed E-state index contributed by atoms with van der Waals surface area (Å²) in [6.07, 6.45) is 0. The van der Waals surface area contributed by atoms with Crippen molar-refractivity contribution in [3.63, 3.8) is 0 Å². The Hall–Kier alpha value is -2.10. The van der Waals surface area contributed by atoms with Crippen molar-refractivity contribution in [1.82, 2.24) is 4.31 Å². The highest BCUT2D eigenvalue weighted by Gasteiger charge is 2.27. The van der Waals surface area contributed by atoms with Gasteiger partial charge in [0.05, 0.1) is 20.8 Å². The van der Waals surface area contributed by atoms with Gasteiger partial charge in [-0.1, -0.05) is 15.9 Å². The van der Waals surface area contributed by atoms with E-state index in [0.29, 0.717) is 11.4 Å². The number of anilines is 1.